The predicted octanol–water partition coefficient (Wildman–Crippen LogP) is 2.03. The van der Waals surface area contributed by atoms with E-state index >= 15 is 0 Å². The Kier molecular flexibility index (Phi) is 3.27. The number of thiophene rings is 1. The molecule has 0 bridgehead atoms. The van der Waals surface area contributed by atoms with E-state index in [2.05, 4.69) is 20.5 Å². The Labute approximate surface area is 118 Å². The molecule has 0 radical (unpaired) electrons. The molecule has 0 unspecified atom stereocenters. The SMILES string of the molecule is O=C(O)c1cnc(Sc2nnnn2-c2cccs2)s1. The first-order chi connectivity index (χ1) is 9.24. The fourth-order valence-corrected chi connectivity index (χ4v) is 3.69. The second-order valence-electron chi connectivity index (χ2n) is 3.22. The number of hydrogen-bond acceptors (Lipinski definition) is 8. The van der Waals surface area contributed by atoms with Crippen LogP contribution >= 0.6 is 34.4 Å². The summed E-state index contributed by atoms with van der Waals surface area (Å²) in [6.45, 7) is 0. The summed E-state index contributed by atoms with van der Waals surface area (Å²) in [7, 11) is 0. The van der Waals surface area contributed by atoms with Gasteiger partial charge in [-0.05, 0) is 39.7 Å². The highest BCUT2D eigenvalue weighted by atomic mass is 32.2. The van der Waals surface area contributed by atoms with Crippen molar-refractivity contribution in [2.45, 2.75) is 9.50 Å². The molecule has 7 nitrogen and oxygen atoms in total. The molecule has 3 heterocycles. The lowest BCUT2D eigenvalue weighted by molar-refractivity contribution is 0.0702. The topological polar surface area (TPSA) is 93.8 Å². The molecule has 0 aliphatic heterocycles. The third-order valence-corrected chi connectivity index (χ3v) is 4.87. The van der Waals surface area contributed by atoms with Crippen LogP contribution < -0.4 is 0 Å². The maximum Gasteiger partial charge on any atom is 0.347 e. The number of aromatic carboxylic acids is 1. The molecule has 0 aromatic carbocycles. The highest BCUT2D eigenvalue weighted by Crippen LogP contribution is 2.31. The summed E-state index contributed by atoms with van der Waals surface area (Å²) >= 11 is 3.84. The molecule has 3 aromatic rings. The predicted molar refractivity (Wildman–Crippen MR) is 70.2 cm³/mol. The maximum absolute atomic E-state index is 10.8. The second kappa shape index (κ2) is 5.07. The number of aromatic nitrogens is 5. The van der Waals surface area contributed by atoms with Crippen molar-refractivity contribution in [2.24, 2.45) is 0 Å². The summed E-state index contributed by atoms with van der Waals surface area (Å²) in [6.07, 6.45) is 1.33. The maximum atomic E-state index is 10.8. The van der Waals surface area contributed by atoms with Crippen molar-refractivity contribution in [2.75, 3.05) is 0 Å². The monoisotopic (exact) mass is 311 g/mol. The van der Waals surface area contributed by atoms with Crippen LogP contribution in [0.25, 0.3) is 5.00 Å². The molecule has 1 N–H and O–H groups in total. The average molecular weight is 311 g/mol. The minimum absolute atomic E-state index is 0.192. The van der Waals surface area contributed by atoms with Crippen LogP contribution in [0.15, 0.2) is 33.2 Å². The fraction of sp³-hybridized carbons (Fsp3) is 0. The Morgan fingerprint density at radius 2 is 2.37 bits per heavy atom. The van der Waals surface area contributed by atoms with Crippen LogP contribution in [-0.2, 0) is 0 Å². The minimum atomic E-state index is -0.984. The molecule has 0 aliphatic carbocycles. The molecule has 0 saturated carbocycles. The first-order valence-electron chi connectivity index (χ1n) is 4.93. The number of tetrazole rings is 1. The van der Waals surface area contributed by atoms with E-state index in [1.54, 1.807) is 4.68 Å². The Morgan fingerprint density at radius 1 is 1.47 bits per heavy atom. The lowest BCUT2D eigenvalue weighted by Crippen LogP contribution is -1.95. The molecular weight excluding hydrogens is 306 g/mol. The zero-order valence-corrected chi connectivity index (χ0v) is 11.6. The van der Waals surface area contributed by atoms with E-state index in [0.717, 1.165) is 16.3 Å². The lowest BCUT2D eigenvalue weighted by atomic mass is 10.6. The highest BCUT2D eigenvalue weighted by Gasteiger charge is 2.15. The molecule has 0 atom stereocenters. The average Bonchev–Trinajstić information content (AvgIpc) is 3.09. The van der Waals surface area contributed by atoms with E-state index in [1.165, 1.54) is 29.3 Å². The molecule has 0 aliphatic rings. The molecule has 0 amide bonds. The second-order valence-corrected chi connectivity index (χ2v) is 6.39. The quantitative estimate of drug-likeness (QED) is 0.787. The molecule has 19 heavy (non-hydrogen) atoms. The van der Waals surface area contributed by atoms with Gasteiger partial charge in [0.25, 0.3) is 0 Å². The normalized spacial score (nSPS) is 10.7. The van der Waals surface area contributed by atoms with Gasteiger partial charge in [-0.2, -0.15) is 4.68 Å². The molecular formula is C9H5N5O2S3. The number of carboxylic acid groups (broad SMARTS) is 1. The molecule has 0 spiro atoms. The Morgan fingerprint density at radius 3 is 3.05 bits per heavy atom. The van der Waals surface area contributed by atoms with Crippen LogP contribution in [0.4, 0.5) is 0 Å². The zero-order chi connectivity index (χ0) is 13.2. The van der Waals surface area contributed by atoms with Crippen molar-refractivity contribution in [3.05, 3.63) is 28.6 Å². The minimum Gasteiger partial charge on any atom is -0.477 e. The largest absolute Gasteiger partial charge is 0.477 e. The summed E-state index contributed by atoms with van der Waals surface area (Å²) < 4.78 is 2.18. The van der Waals surface area contributed by atoms with Gasteiger partial charge in [0.15, 0.2) is 4.34 Å². The van der Waals surface area contributed by atoms with Crippen LogP contribution in [0.5, 0.6) is 0 Å². The highest BCUT2D eigenvalue weighted by molar-refractivity contribution is 8.00. The van der Waals surface area contributed by atoms with Gasteiger partial charge in [-0.15, -0.1) is 27.8 Å². The van der Waals surface area contributed by atoms with Gasteiger partial charge in [-0.3, -0.25) is 0 Å². The van der Waals surface area contributed by atoms with Gasteiger partial charge in [-0.1, -0.05) is 0 Å². The molecule has 0 fully saturated rings. The smallest absolute Gasteiger partial charge is 0.347 e. The summed E-state index contributed by atoms with van der Waals surface area (Å²) in [5, 5.41) is 23.7. The van der Waals surface area contributed by atoms with Crippen LogP contribution in [0.1, 0.15) is 9.67 Å². The zero-order valence-electron chi connectivity index (χ0n) is 9.13. The van der Waals surface area contributed by atoms with Gasteiger partial charge < -0.3 is 5.11 Å². The van der Waals surface area contributed by atoms with Gasteiger partial charge in [0.2, 0.25) is 5.16 Å². The van der Waals surface area contributed by atoms with Gasteiger partial charge in [0.1, 0.15) is 9.88 Å². The first-order valence-corrected chi connectivity index (χ1v) is 7.44. The van der Waals surface area contributed by atoms with E-state index in [-0.39, 0.29) is 4.88 Å². The van der Waals surface area contributed by atoms with Gasteiger partial charge >= 0.3 is 5.97 Å². The summed E-state index contributed by atoms with van der Waals surface area (Å²) in [5.41, 5.74) is 0. The van der Waals surface area contributed by atoms with E-state index in [4.69, 9.17) is 5.11 Å². The van der Waals surface area contributed by atoms with Crippen molar-refractivity contribution < 1.29 is 9.90 Å². The summed E-state index contributed by atoms with van der Waals surface area (Å²) in [4.78, 5) is 15.0. The van der Waals surface area contributed by atoms with E-state index in [9.17, 15) is 4.79 Å². The Hall–Kier alpha value is -1.78. The van der Waals surface area contributed by atoms with Crippen molar-refractivity contribution >= 4 is 40.4 Å². The van der Waals surface area contributed by atoms with Gasteiger partial charge in [0.05, 0.1) is 6.20 Å². The van der Waals surface area contributed by atoms with Crippen LogP contribution in [-0.4, -0.2) is 36.3 Å². The number of nitrogens with zero attached hydrogens (tertiary/aromatic N) is 5. The van der Waals surface area contributed by atoms with Crippen LogP contribution in [0.3, 0.4) is 0 Å². The standard InChI is InChI=1S/C9H5N5O2S3/c15-7(16)5-4-10-9(18-5)19-8-11-12-13-14(8)6-2-1-3-17-6/h1-4H,(H,15,16). The number of carbonyl (C=O) groups is 1. The molecule has 10 heteroatoms. The molecule has 3 aromatic heterocycles. The number of rotatable bonds is 4. The van der Waals surface area contributed by atoms with Crippen LogP contribution in [0.2, 0.25) is 0 Å². The van der Waals surface area contributed by atoms with Crippen molar-refractivity contribution in [3.63, 3.8) is 0 Å². The van der Waals surface area contributed by atoms with E-state index < -0.39 is 5.97 Å². The molecule has 3 rings (SSSR count). The van der Waals surface area contributed by atoms with Crippen molar-refractivity contribution in [1.82, 2.24) is 25.2 Å². The Balaban J connectivity index is 1.87. The fourth-order valence-electron chi connectivity index (χ4n) is 1.25. The summed E-state index contributed by atoms with van der Waals surface area (Å²) in [5.74, 6) is -0.984. The van der Waals surface area contributed by atoms with Crippen LogP contribution in [0, 0.1) is 0 Å². The Bertz CT molecular complexity index is 705. The van der Waals surface area contributed by atoms with E-state index in [1.807, 2.05) is 17.5 Å². The first kappa shape index (κ1) is 12.3. The summed E-state index contributed by atoms with van der Waals surface area (Å²) in [6, 6.07) is 3.80. The van der Waals surface area contributed by atoms with E-state index in [0.29, 0.717) is 9.50 Å². The van der Waals surface area contributed by atoms with Crippen molar-refractivity contribution in [3.8, 4) is 5.00 Å². The van der Waals surface area contributed by atoms with Gasteiger partial charge in [0, 0.05) is 0 Å². The van der Waals surface area contributed by atoms with Gasteiger partial charge in [-0.25, -0.2) is 9.78 Å². The van der Waals surface area contributed by atoms with Crippen molar-refractivity contribution in [1.29, 1.82) is 0 Å². The number of thiazole rings is 1. The number of hydrogen-bond donors (Lipinski definition) is 1. The number of carboxylic acids is 1. The molecule has 0 saturated heterocycles. The lowest BCUT2D eigenvalue weighted by Gasteiger charge is -1.97. The third kappa shape index (κ3) is 2.50. The third-order valence-electron chi connectivity index (χ3n) is 2.03. The molecule has 96 valence electrons.